The number of methoxy groups -OCH3 is 1. The first-order valence-electron chi connectivity index (χ1n) is 7.58. The van der Waals surface area contributed by atoms with E-state index in [-0.39, 0.29) is 0 Å². The number of para-hydroxylation sites is 1. The summed E-state index contributed by atoms with van der Waals surface area (Å²) in [5, 5.41) is 3.69. The van der Waals surface area contributed by atoms with Gasteiger partial charge in [0.15, 0.2) is 0 Å². The summed E-state index contributed by atoms with van der Waals surface area (Å²) in [5.74, 6) is 0.977. The van der Waals surface area contributed by atoms with E-state index in [2.05, 4.69) is 44.3 Å². The molecule has 0 fully saturated rings. The quantitative estimate of drug-likeness (QED) is 0.803. The molecule has 3 heteroatoms. The van der Waals surface area contributed by atoms with Crippen LogP contribution >= 0.6 is 11.3 Å². The Labute approximate surface area is 132 Å². The highest BCUT2D eigenvalue weighted by molar-refractivity contribution is 7.12. The zero-order valence-electron chi connectivity index (χ0n) is 13.4. The summed E-state index contributed by atoms with van der Waals surface area (Å²) in [7, 11) is 1.74. The molecule has 0 aliphatic heterocycles. The van der Waals surface area contributed by atoms with Crippen molar-refractivity contribution >= 4 is 11.3 Å². The predicted molar refractivity (Wildman–Crippen MR) is 91.5 cm³/mol. The second-order valence-corrected chi connectivity index (χ2v) is 6.85. The van der Waals surface area contributed by atoms with Crippen LogP contribution in [0.25, 0.3) is 0 Å². The summed E-state index contributed by atoms with van der Waals surface area (Å²) in [6.07, 6.45) is 2.10. The fourth-order valence-corrected chi connectivity index (χ4v) is 3.69. The molecule has 0 spiro atoms. The smallest absolute Gasteiger partial charge is 0.122 e. The van der Waals surface area contributed by atoms with E-state index in [1.807, 2.05) is 23.5 Å². The van der Waals surface area contributed by atoms with Crippen LogP contribution in [0, 0.1) is 13.8 Å². The summed E-state index contributed by atoms with van der Waals surface area (Å²) < 4.78 is 5.50. The summed E-state index contributed by atoms with van der Waals surface area (Å²) >= 11 is 1.88. The van der Waals surface area contributed by atoms with Crippen LogP contribution in [-0.4, -0.2) is 13.7 Å². The summed E-state index contributed by atoms with van der Waals surface area (Å²) in [5.41, 5.74) is 2.69. The molecular weight excluding hydrogens is 278 g/mol. The van der Waals surface area contributed by atoms with E-state index in [4.69, 9.17) is 4.74 Å². The Morgan fingerprint density at radius 3 is 2.62 bits per heavy atom. The van der Waals surface area contributed by atoms with Crippen LogP contribution in [0.1, 0.15) is 40.3 Å². The van der Waals surface area contributed by atoms with Gasteiger partial charge in [-0.25, -0.2) is 0 Å². The number of aryl methyl sites for hydroxylation is 2. The van der Waals surface area contributed by atoms with Gasteiger partial charge in [-0.1, -0.05) is 25.1 Å². The number of thiophene rings is 1. The molecule has 1 aromatic carbocycles. The van der Waals surface area contributed by atoms with Gasteiger partial charge in [0.1, 0.15) is 5.75 Å². The lowest BCUT2D eigenvalue weighted by atomic mass is 9.98. The molecule has 21 heavy (non-hydrogen) atoms. The lowest BCUT2D eigenvalue weighted by molar-refractivity contribution is 0.405. The third-order valence-corrected chi connectivity index (χ3v) is 4.69. The summed E-state index contributed by atoms with van der Waals surface area (Å²) in [4.78, 5) is 2.79. The highest BCUT2D eigenvalue weighted by Gasteiger charge is 2.17. The maximum Gasteiger partial charge on any atom is 0.122 e. The van der Waals surface area contributed by atoms with Crippen molar-refractivity contribution in [2.45, 2.75) is 39.7 Å². The van der Waals surface area contributed by atoms with Crippen molar-refractivity contribution in [3.63, 3.8) is 0 Å². The van der Waals surface area contributed by atoms with Crippen LogP contribution in [0.15, 0.2) is 30.3 Å². The van der Waals surface area contributed by atoms with Gasteiger partial charge < -0.3 is 10.1 Å². The zero-order valence-corrected chi connectivity index (χ0v) is 14.2. The molecule has 0 radical (unpaired) electrons. The first-order valence-corrected chi connectivity index (χ1v) is 8.39. The number of nitrogens with one attached hydrogen (secondary N) is 1. The Hall–Kier alpha value is -1.32. The van der Waals surface area contributed by atoms with Crippen LogP contribution < -0.4 is 10.1 Å². The standard InChI is InChI=1S/C18H25NOS/c1-5-10-19-17(16-11-13(2)21-14(16)3)12-15-8-6-7-9-18(15)20-4/h6-9,11,17,19H,5,10,12H2,1-4H3. The fourth-order valence-electron chi connectivity index (χ4n) is 2.70. The van der Waals surface area contributed by atoms with Gasteiger partial charge in [0.2, 0.25) is 0 Å². The SMILES string of the molecule is CCCNC(Cc1ccccc1OC)c1cc(C)sc1C. The van der Waals surface area contributed by atoms with Crippen molar-refractivity contribution in [2.75, 3.05) is 13.7 Å². The van der Waals surface area contributed by atoms with E-state index in [0.29, 0.717) is 6.04 Å². The molecule has 2 rings (SSSR count). The van der Waals surface area contributed by atoms with Gasteiger partial charge in [-0.2, -0.15) is 0 Å². The molecule has 2 nitrogen and oxygen atoms in total. The topological polar surface area (TPSA) is 21.3 Å². The maximum atomic E-state index is 5.50. The van der Waals surface area contributed by atoms with Gasteiger partial charge in [0.25, 0.3) is 0 Å². The first kappa shape index (κ1) is 16.1. The average molecular weight is 303 g/mol. The van der Waals surface area contributed by atoms with Crippen molar-refractivity contribution in [2.24, 2.45) is 0 Å². The highest BCUT2D eigenvalue weighted by atomic mass is 32.1. The third-order valence-electron chi connectivity index (χ3n) is 3.71. The van der Waals surface area contributed by atoms with Crippen molar-refractivity contribution in [1.29, 1.82) is 0 Å². The van der Waals surface area contributed by atoms with E-state index in [9.17, 15) is 0 Å². The maximum absolute atomic E-state index is 5.50. The van der Waals surface area contributed by atoms with E-state index in [1.54, 1.807) is 7.11 Å². The zero-order chi connectivity index (χ0) is 15.2. The van der Waals surface area contributed by atoms with Crippen molar-refractivity contribution in [3.05, 3.63) is 51.2 Å². The van der Waals surface area contributed by atoms with E-state index >= 15 is 0 Å². The summed E-state index contributed by atoms with van der Waals surface area (Å²) in [6.45, 7) is 7.64. The highest BCUT2D eigenvalue weighted by Crippen LogP contribution is 2.30. The molecule has 1 aromatic heterocycles. The van der Waals surface area contributed by atoms with E-state index < -0.39 is 0 Å². The van der Waals surface area contributed by atoms with Crippen LogP contribution in [0.3, 0.4) is 0 Å². The van der Waals surface area contributed by atoms with Crippen LogP contribution in [-0.2, 0) is 6.42 Å². The fraction of sp³-hybridized carbons (Fsp3) is 0.444. The Kier molecular flexibility index (Phi) is 5.83. The van der Waals surface area contributed by atoms with Crippen molar-refractivity contribution in [3.8, 4) is 5.75 Å². The molecule has 0 saturated heterocycles. The Morgan fingerprint density at radius 1 is 1.24 bits per heavy atom. The molecule has 0 bridgehead atoms. The molecule has 0 aliphatic rings. The number of hydrogen-bond donors (Lipinski definition) is 1. The molecule has 1 heterocycles. The minimum atomic E-state index is 0.353. The van der Waals surface area contributed by atoms with Crippen molar-refractivity contribution in [1.82, 2.24) is 5.32 Å². The molecule has 0 aliphatic carbocycles. The van der Waals surface area contributed by atoms with Gasteiger partial charge >= 0.3 is 0 Å². The van der Waals surface area contributed by atoms with Crippen LogP contribution in [0.2, 0.25) is 0 Å². The molecule has 2 aromatic rings. The van der Waals surface area contributed by atoms with E-state index in [0.717, 1.165) is 25.1 Å². The third kappa shape index (κ3) is 4.08. The van der Waals surface area contributed by atoms with Crippen molar-refractivity contribution < 1.29 is 4.74 Å². The number of benzene rings is 1. The average Bonchev–Trinajstić information content (AvgIpc) is 2.82. The van der Waals surface area contributed by atoms with Crippen LogP contribution in [0.5, 0.6) is 5.75 Å². The van der Waals surface area contributed by atoms with Gasteiger partial charge in [0.05, 0.1) is 7.11 Å². The van der Waals surface area contributed by atoms with E-state index in [1.165, 1.54) is 20.9 Å². The Morgan fingerprint density at radius 2 is 2.00 bits per heavy atom. The van der Waals surface area contributed by atoms with Gasteiger partial charge in [0, 0.05) is 15.8 Å². The van der Waals surface area contributed by atoms with Crippen LogP contribution in [0.4, 0.5) is 0 Å². The molecule has 1 N–H and O–H groups in total. The Bertz CT molecular complexity index is 576. The normalized spacial score (nSPS) is 12.4. The molecular formula is C18H25NOS. The lowest BCUT2D eigenvalue weighted by Gasteiger charge is -2.20. The predicted octanol–water partition coefficient (Wildman–Crippen LogP) is 4.66. The number of hydrogen-bond acceptors (Lipinski definition) is 3. The van der Waals surface area contributed by atoms with Gasteiger partial charge in [-0.15, -0.1) is 11.3 Å². The lowest BCUT2D eigenvalue weighted by Crippen LogP contribution is -2.24. The minimum absolute atomic E-state index is 0.353. The first-order chi connectivity index (χ1) is 10.2. The number of ether oxygens (including phenoxy) is 1. The Balaban J connectivity index is 2.26. The molecule has 0 saturated carbocycles. The minimum Gasteiger partial charge on any atom is -0.496 e. The summed E-state index contributed by atoms with van der Waals surface area (Å²) in [6, 6.07) is 11.0. The monoisotopic (exact) mass is 303 g/mol. The molecule has 1 atom stereocenters. The van der Waals surface area contributed by atoms with Gasteiger partial charge in [-0.3, -0.25) is 0 Å². The molecule has 0 amide bonds. The largest absolute Gasteiger partial charge is 0.496 e. The second kappa shape index (κ2) is 7.62. The molecule has 1 unspecified atom stereocenters. The van der Waals surface area contributed by atoms with Gasteiger partial charge in [-0.05, 0) is 56.5 Å². The second-order valence-electron chi connectivity index (χ2n) is 5.39. The molecule has 114 valence electrons. The number of rotatable bonds is 7.